The highest BCUT2D eigenvalue weighted by Crippen LogP contribution is 2.30. The fourth-order valence-corrected chi connectivity index (χ4v) is 5.28. The Morgan fingerprint density at radius 2 is 1.47 bits per heavy atom. The zero-order valence-corrected chi connectivity index (χ0v) is 26.3. The molecule has 0 heterocycles. The summed E-state index contributed by atoms with van der Waals surface area (Å²) in [6.45, 7) is 1.94. The number of thioether (sulfide) groups is 1. The van der Waals surface area contributed by atoms with Gasteiger partial charge < -0.3 is 30.2 Å². The summed E-state index contributed by atoms with van der Waals surface area (Å²) in [5, 5.41) is 8.19. The van der Waals surface area contributed by atoms with Crippen molar-refractivity contribution >= 4 is 46.9 Å². The van der Waals surface area contributed by atoms with Gasteiger partial charge in [-0.2, -0.15) is 0 Å². The molecule has 0 saturated heterocycles. The molecule has 4 rings (SSSR count). The number of rotatable bonds is 13. The number of hydrogen-bond donors (Lipinski definition) is 3. The Balaban J connectivity index is 1.53. The topological polar surface area (TPSA) is 115 Å². The molecule has 0 radical (unpaired) electrons. The minimum atomic E-state index is -0.538. The van der Waals surface area contributed by atoms with Gasteiger partial charge in [-0.3, -0.25) is 14.4 Å². The van der Waals surface area contributed by atoms with Crippen LogP contribution in [0.2, 0.25) is 0 Å². The molecule has 45 heavy (non-hydrogen) atoms. The highest BCUT2D eigenvalue weighted by molar-refractivity contribution is 8.00. The fraction of sp³-hybridized carbons (Fsp3) is 0.171. The Morgan fingerprint density at radius 1 is 0.756 bits per heavy atom. The number of methoxy groups -OCH3 is 3. The van der Waals surface area contributed by atoms with E-state index in [-0.39, 0.29) is 16.9 Å². The van der Waals surface area contributed by atoms with Gasteiger partial charge in [0.05, 0.1) is 26.6 Å². The quantitative estimate of drug-likeness (QED) is 0.113. The van der Waals surface area contributed by atoms with Crippen molar-refractivity contribution in [2.45, 2.75) is 23.5 Å². The summed E-state index contributed by atoms with van der Waals surface area (Å²) < 4.78 is 16.0. The maximum Gasteiger partial charge on any atom is 0.272 e. The van der Waals surface area contributed by atoms with Gasteiger partial charge in [0.15, 0.2) is 0 Å². The Labute approximate surface area is 267 Å². The van der Waals surface area contributed by atoms with Crippen LogP contribution in [0.3, 0.4) is 0 Å². The second-order valence-corrected chi connectivity index (χ2v) is 11.0. The zero-order chi connectivity index (χ0) is 32.2. The third-order valence-corrected chi connectivity index (χ3v) is 8.02. The molecule has 10 heteroatoms. The lowest BCUT2D eigenvalue weighted by Crippen LogP contribution is -2.30. The van der Waals surface area contributed by atoms with Crippen LogP contribution in [-0.4, -0.2) is 44.3 Å². The Hall–Kier alpha value is -5.22. The van der Waals surface area contributed by atoms with E-state index in [2.05, 4.69) is 16.0 Å². The summed E-state index contributed by atoms with van der Waals surface area (Å²) in [5.74, 6) is 0.635. The molecule has 4 aromatic carbocycles. The van der Waals surface area contributed by atoms with E-state index in [1.807, 2.05) is 13.0 Å². The first-order valence-electron chi connectivity index (χ1n) is 14.2. The monoisotopic (exact) mass is 625 g/mol. The molecule has 3 amide bonds. The predicted octanol–water partition coefficient (Wildman–Crippen LogP) is 6.63. The Kier molecular flexibility index (Phi) is 11.6. The molecule has 232 valence electrons. The largest absolute Gasteiger partial charge is 0.497 e. The molecule has 0 fully saturated rings. The number of ether oxygens (including phenoxy) is 3. The molecule has 1 unspecified atom stereocenters. The van der Waals surface area contributed by atoms with Crippen molar-refractivity contribution in [1.29, 1.82) is 0 Å². The molecule has 0 aliphatic rings. The van der Waals surface area contributed by atoms with Crippen molar-refractivity contribution in [1.82, 2.24) is 5.32 Å². The van der Waals surface area contributed by atoms with Crippen molar-refractivity contribution in [3.63, 3.8) is 0 Å². The molecule has 0 aliphatic heterocycles. The number of amides is 3. The van der Waals surface area contributed by atoms with Gasteiger partial charge in [-0.15, -0.1) is 11.8 Å². The number of carbonyl (C=O) groups excluding carboxylic acids is 3. The molecular formula is C35H35N3O6S. The third-order valence-electron chi connectivity index (χ3n) is 6.66. The van der Waals surface area contributed by atoms with Gasteiger partial charge in [0.2, 0.25) is 5.91 Å². The number of hydrogen-bond acceptors (Lipinski definition) is 7. The van der Waals surface area contributed by atoms with E-state index in [1.54, 1.807) is 111 Å². The van der Waals surface area contributed by atoms with E-state index in [0.29, 0.717) is 46.2 Å². The summed E-state index contributed by atoms with van der Waals surface area (Å²) in [5.41, 5.74) is 2.14. The van der Waals surface area contributed by atoms with Crippen LogP contribution < -0.4 is 30.2 Å². The smallest absolute Gasteiger partial charge is 0.272 e. The van der Waals surface area contributed by atoms with Gasteiger partial charge in [-0.05, 0) is 79.2 Å². The summed E-state index contributed by atoms with van der Waals surface area (Å²) in [6.07, 6.45) is 2.13. The van der Waals surface area contributed by atoms with Crippen LogP contribution >= 0.6 is 11.8 Å². The number of anilines is 2. The summed E-state index contributed by atoms with van der Waals surface area (Å²) in [7, 11) is 4.65. The lowest BCUT2D eigenvalue weighted by Gasteiger charge is -2.16. The Bertz CT molecular complexity index is 1660. The molecule has 0 saturated carbocycles. The second-order valence-electron chi connectivity index (χ2n) is 9.70. The average molecular weight is 626 g/mol. The minimum absolute atomic E-state index is 0.00989. The van der Waals surface area contributed by atoms with Crippen molar-refractivity contribution in [3.8, 4) is 17.2 Å². The first-order chi connectivity index (χ1) is 21.8. The van der Waals surface area contributed by atoms with Crippen LogP contribution in [0.4, 0.5) is 11.4 Å². The molecule has 1 atom stereocenters. The molecule has 3 N–H and O–H groups in total. The average Bonchev–Trinajstić information content (AvgIpc) is 3.07. The van der Waals surface area contributed by atoms with Crippen molar-refractivity contribution < 1.29 is 28.6 Å². The highest BCUT2D eigenvalue weighted by Gasteiger charge is 2.20. The minimum Gasteiger partial charge on any atom is -0.497 e. The summed E-state index contributed by atoms with van der Waals surface area (Å²) in [4.78, 5) is 40.5. The molecule has 0 aliphatic carbocycles. The molecule has 4 aromatic rings. The number of carbonyl (C=O) groups is 3. The maximum atomic E-state index is 13.6. The molecule has 0 spiro atoms. The molecule has 0 bridgehead atoms. The maximum absolute atomic E-state index is 13.6. The van der Waals surface area contributed by atoms with E-state index >= 15 is 0 Å². The van der Waals surface area contributed by atoms with Crippen LogP contribution in [0.5, 0.6) is 17.2 Å². The number of nitrogens with one attached hydrogen (secondary N) is 3. The SMILES string of the molecule is CCC(Sc1cccc(NC(=O)/C(=C\c2ccc(OC)cc2OC)NC(=O)c2ccccc2)c1)C(=O)Nc1ccc(OC)cc1. The van der Waals surface area contributed by atoms with E-state index < -0.39 is 11.8 Å². The molecule has 0 aromatic heterocycles. The van der Waals surface area contributed by atoms with Gasteiger partial charge in [-0.25, -0.2) is 0 Å². The standard InChI is InChI=1S/C35H35N3O6S/c1-5-32(35(41)36-25-15-18-27(42-2)19-16-25)45-29-13-9-12-26(21-29)37-34(40)30(38-33(39)23-10-7-6-8-11-23)20-24-14-17-28(43-3)22-31(24)44-4/h6-22,32H,5H2,1-4H3,(H,36,41)(H,37,40)(H,38,39)/b30-20+. The fourth-order valence-electron chi connectivity index (χ4n) is 4.26. The van der Waals surface area contributed by atoms with Crippen molar-refractivity contribution in [2.24, 2.45) is 0 Å². The van der Waals surface area contributed by atoms with Crippen LogP contribution in [0, 0.1) is 0 Å². The van der Waals surface area contributed by atoms with Crippen LogP contribution in [0.25, 0.3) is 6.08 Å². The summed E-state index contributed by atoms with van der Waals surface area (Å²) in [6, 6.07) is 28.1. The number of benzene rings is 4. The zero-order valence-electron chi connectivity index (χ0n) is 25.5. The lowest BCUT2D eigenvalue weighted by atomic mass is 10.1. The van der Waals surface area contributed by atoms with Gasteiger partial charge in [0.25, 0.3) is 11.8 Å². The predicted molar refractivity (Wildman–Crippen MR) is 178 cm³/mol. The van der Waals surface area contributed by atoms with Crippen LogP contribution in [0.1, 0.15) is 29.3 Å². The van der Waals surface area contributed by atoms with E-state index in [9.17, 15) is 14.4 Å². The van der Waals surface area contributed by atoms with Crippen molar-refractivity contribution in [3.05, 3.63) is 114 Å². The van der Waals surface area contributed by atoms with Crippen molar-refractivity contribution in [2.75, 3.05) is 32.0 Å². The first kappa shape index (κ1) is 32.7. The third kappa shape index (κ3) is 9.14. The lowest BCUT2D eigenvalue weighted by molar-refractivity contribution is -0.116. The normalized spacial score (nSPS) is 11.6. The van der Waals surface area contributed by atoms with E-state index in [1.165, 1.54) is 18.9 Å². The molecule has 9 nitrogen and oxygen atoms in total. The second kappa shape index (κ2) is 16.0. The van der Waals surface area contributed by atoms with Gasteiger partial charge >= 0.3 is 0 Å². The van der Waals surface area contributed by atoms with Gasteiger partial charge in [0.1, 0.15) is 22.9 Å². The summed E-state index contributed by atoms with van der Waals surface area (Å²) >= 11 is 1.39. The van der Waals surface area contributed by atoms with Gasteiger partial charge in [-0.1, -0.05) is 31.2 Å². The van der Waals surface area contributed by atoms with E-state index in [0.717, 1.165) is 4.90 Å². The molecular weight excluding hydrogens is 590 g/mol. The van der Waals surface area contributed by atoms with Crippen LogP contribution in [-0.2, 0) is 9.59 Å². The first-order valence-corrected chi connectivity index (χ1v) is 15.0. The van der Waals surface area contributed by atoms with Gasteiger partial charge in [0, 0.05) is 33.5 Å². The van der Waals surface area contributed by atoms with E-state index in [4.69, 9.17) is 14.2 Å². The Morgan fingerprint density at radius 3 is 2.13 bits per heavy atom. The van der Waals surface area contributed by atoms with Crippen LogP contribution in [0.15, 0.2) is 108 Å². The highest BCUT2D eigenvalue weighted by atomic mass is 32.2.